The number of guanidine groups is 1. The first-order valence-corrected chi connectivity index (χ1v) is 8.27. The Labute approximate surface area is 156 Å². The Morgan fingerprint density at radius 3 is 2.41 bits per heavy atom. The molecule has 2 unspecified atom stereocenters. The summed E-state index contributed by atoms with van der Waals surface area (Å²) in [6.07, 6.45) is 0.144. The molecule has 0 aliphatic carbocycles. The van der Waals surface area contributed by atoms with E-state index < -0.39 is 0 Å². The number of methoxy groups -OCH3 is 1. The van der Waals surface area contributed by atoms with Crippen LogP contribution in [0.15, 0.2) is 22.5 Å². The fourth-order valence-corrected chi connectivity index (χ4v) is 2.86. The van der Waals surface area contributed by atoms with Crippen LogP contribution in [-0.2, 0) is 4.74 Å². The SMILES string of the molecule is CN=C(NCC(C)c1cccs1)NCC(OC)C(C)(C)C.I. The van der Waals surface area contributed by atoms with Crippen LogP contribution in [0.5, 0.6) is 0 Å². The zero-order valence-corrected chi connectivity index (χ0v) is 17.6. The molecule has 1 rings (SSSR count). The van der Waals surface area contributed by atoms with E-state index in [-0.39, 0.29) is 35.5 Å². The average Bonchev–Trinajstić information content (AvgIpc) is 2.95. The Morgan fingerprint density at radius 2 is 1.95 bits per heavy atom. The fourth-order valence-electron chi connectivity index (χ4n) is 2.08. The van der Waals surface area contributed by atoms with Crippen LogP contribution in [0, 0.1) is 5.41 Å². The first kappa shape index (κ1) is 21.7. The van der Waals surface area contributed by atoms with Gasteiger partial charge in [0.15, 0.2) is 5.96 Å². The summed E-state index contributed by atoms with van der Waals surface area (Å²) in [4.78, 5) is 5.66. The van der Waals surface area contributed by atoms with Gasteiger partial charge < -0.3 is 15.4 Å². The first-order valence-electron chi connectivity index (χ1n) is 7.39. The maximum absolute atomic E-state index is 5.55. The number of thiophene rings is 1. The lowest BCUT2D eigenvalue weighted by atomic mass is 9.89. The average molecular weight is 439 g/mol. The monoisotopic (exact) mass is 439 g/mol. The van der Waals surface area contributed by atoms with E-state index in [0.717, 1.165) is 19.0 Å². The molecule has 0 saturated heterocycles. The lowest BCUT2D eigenvalue weighted by Crippen LogP contribution is -2.45. The maximum Gasteiger partial charge on any atom is 0.191 e. The van der Waals surface area contributed by atoms with Crippen LogP contribution in [-0.4, -0.2) is 39.3 Å². The highest BCUT2D eigenvalue weighted by Gasteiger charge is 2.24. The number of nitrogens with one attached hydrogen (secondary N) is 2. The number of hydrogen-bond acceptors (Lipinski definition) is 3. The molecule has 0 radical (unpaired) electrons. The Balaban J connectivity index is 0.00000441. The Hall–Kier alpha value is -0.340. The van der Waals surface area contributed by atoms with Crippen molar-refractivity contribution < 1.29 is 4.74 Å². The predicted molar refractivity (Wildman–Crippen MR) is 108 cm³/mol. The third-order valence-electron chi connectivity index (χ3n) is 3.53. The molecule has 4 nitrogen and oxygen atoms in total. The van der Waals surface area contributed by atoms with E-state index in [1.54, 1.807) is 25.5 Å². The number of ether oxygens (including phenoxy) is 1. The molecule has 1 aromatic rings. The van der Waals surface area contributed by atoms with Gasteiger partial charge in [-0.05, 0) is 16.9 Å². The number of rotatable bonds is 6. The zero-order chi connectivity index (χ0) is 15.9. The second-order valence-corrected chi connectivity index (χ2v) is 7.32. The van der Waals surface area contributed by atoms with E-state index in [1.807, 2.05) is 0 Å². The van der Waals surface area contributed by atoms with Crippen molar-refractivity contribution in [2.24, 2.45) is 10.4 Å². The lowest BCUT2D eigenvalue weighted by Gasteiger charge is -2.30. The molecule has 1 heterocycles. The minimum absolute atomic E-state index is 0. The van der Waals surface area contributed by atoms with Crippen molar-refractivity contribution in [2.45, 2.75) is 39.7 Å². The van der Waals surface area contributed by atoms with Crippen LogP contribution in [0.4, 0.5) is 0 Å². The molecule has 2 N–H and O–H groups in total. The quantitative estimate of drug-likeness (QED) is 0.404. The van der Waals surface area contributed by atoms with E-state index in [2.05, 4.69) is 60.8 Å². The molecule has 0 aliphatic heterocycles. The molecule has 0 spiro atoms. The van der Waals surface area contributed by atoms with Gasteiger partial charge in [-0.3, -0.25) is 4.99 Å². The third kappa shape index (κ3) is 7.28. The molecule has 2 atom stereocenters. The summed E-state index contributed by atoms with van der Waals surface area (Å²) in [6, 6.07) is 4.27. The van der Waals surface area contributed by atoms with E-state index in [9.17, 15) is 0 Å². The fraction of sp³-hybridized carbons (Fsp3) is 0.688. The number of nitrogens with zero attached hydrogens (tertiary/aromatic N) is 1. The van der Waals surface area contributed by atoms with Gasteiger partial charge in [-0.15, -0.1) is 35.3 Å². The minimum atomic E-state index is 0. The summed E-state index contributed by atoms with van der Waals surface area (Å²) in [5.41, 5.74) is 0.102. The van der Waals surface area contributed by atoms with Gasteiger partial charge >= 0.3 is 0 Å². The molecule has 0 saturated carbocycles. The molecule has 0 amide bonds. The van der Waals surface area contributed by atoms with Gasteiger partial charge in [0.05, 0.1) is 6.10 Å². The summed E-state index contributed by atoms with van der Waals surface area (Å²) in [5, 5.41) is 8.84. The van der Waals surface area contributed by atoms with Crippen molar-refractivity contribution in [3.63, 3.8) is 0 Å². The Bertz CT molecular complexity index is 429. The van der Waals surface area contributed by atoms with E-state index in [4.69, 9.17) is 4.74 Å². The van der Waals surface area contributed by atoms with Gasteiger partial charge in [0.25, 0.3) is 0 Å². The highest BCUT2D eigenvalue weighted by Crippen LogP contribution is 2.21. The molecular weight excluding hydrogens is 409 g/mol. The minimum Gasteiger partial charge on any atom is -0.379 e. The normalized spacial score (nSPS) is 14.9. The summed E-state index contributed by atoms with van der Waals surface area (Å²) in [5.74, 6) is 1.30. The number of hydrogen-bond donors (Lipinski definition) is 2. The van der Waals surface area contributed by atoms with Crippen molar-refractivity contribution in [2.75, 3.05) is 27.2 Å². The van der Waals surface area contributed by atoms with Gasteiger partial charge in [-0.1, -0.05) is 33.8 Å². The van der Waals surface area contributed by atoms with Crippen molar-refractivity contribution in [3.05, 3.63) is 22.4 Å². The lowest BCUT2D eigenvalue weighted by molar-refractivity contribution is 0.0205. The van der Waals surface area contributed by atoms with Crippen LogP contribution in [0.1, 0.15) is 38.5 Å². The van der Waals surface area contributed by atoms with Gasteiger partial charge in [-0.2, -0.15) is 0 Å². The van der Waals surface area contributed by atoms with Crippen LogP contribution in [0.25, 0.3) is 0 Å². The van der Waals surface area contributed by atoms with Crippen LogP contribution >= 0.6 is 35.3 Å². The van der Waals surface area contributed by atoms with Crippen molar-refractivity contribution in [1.82, 2.24) is 10.6 Å². The summed E-state index contributed by atoms with van der Waals surface area (Å²) in [7, 11) is 3.55. The summed E-state index contributed by atoms with van der Waals surface area (Å²) < 4.78 is 5.55. The topological polar surface area (TPSA) is 45.7 Å². The molecule has 22 heavy (non-hydrogen) atoms. The van der Waals surface area contributed by atoms with Gasteiger partial charge in [0.2, 0.25) is 0 Å². The van der Waals surface area contributed by atoms with Gasteiger partial charge in [-0.25, -0.2) is 0 Å². The second-order valence-electron chi connectivity index (χ2n) is 6.34. The highest BCUT2D eigenvalue weighted by atomic mass is 127. The largest absolute Gasteiger partial charge is 0.379 e. The molecule has 6 heteroatoms. The van der Waals surface area contributed by atoms with E-state index in [0.29, 0.717) is 5.92 Å². The maximum atomic E-state index is 5.55. The van der Waals surface area contributed by atoms with Gasteiger partial charge in [0, 0.05) is 38.0 Å². The van der Waals surface area contributed by atoms with Crippen LogP contribution in [0.3, 0.4) is 0 Å². The third-order valence-corrected chi connectivity index (χ3v) is 4.64. The standard InChI is InChI=1S/C16H29N3OS.HI/c1-12(13-8-7-9-21-13)10-18-15(17-5)19-11-14(20-6)16(2,3)4;/h7-9,12,14H,10-11H2,1-6H3,(H2,17,18,19);1H. The Morgan fingerprint density at radius 1 is 1.32 bits per heavy atom. The molecule has 128 valence electrons. The predicted octanol–water partition coefficient (Wildman–Crippen LogP) is 3.70. The first-order chi connectivity index (χ1) is 9.88. The highest BCUT2D eigenvalue weighted by molar-refractivity contribution is 14.0. The van der Waals surface area contributed by atoms with E-state index >= 15 is 0 Å². The molecule has 1 aromatic heterocycles. The van der Waals surface area contributed by atoms with Crippen molar-refractivity contribution >= 4 is 41.3 Å². The van der Waals surface area contributed by atoms with Crippen molar-refractivity contribution in [1.29, 1.82) is 0 Å². The molecule has 0 aliphatic rings. The molecule has 0 fully saturated rings. The number of halogens is 1. The Kier molecular flexibility index (Phi) is 10.3. The number of aliphatic imine (C=N–C) groups is 1. The molecular formula is C16H30IN3OS. The molecule has 0 aromatic carbocycles. The molecule has 0 bridgehead atoms. The zero-order valence-electron chi connectivity index (χ0n) is 14.5. The van der Waals surface area contributed by atoms with Crippen molar-refractivity contribution in [3.8, 4) is 0 Å². The smallest absolute Gasteiger partial charge is 0.191 e. The van der Waals surface area contributed by atoms with Gasteiger partial charge in [0.1, 0.15) is 0 Å². The van der Waals surface area contributed by atoms with E-state index in [1.165, 1.54) is 4.88 Å². The summed E-state index contributed by atoms with van der Waals surface area (Å²) >= 11 is 1.80. The van der Waals surface area contributed by atoms with Crippen LogP contribution < -0.4 is 10.6 Å². The second kappa shape index (κ2) is 10.4. The van der Waals surface area contributed by atoms with Crippen LogP contribution in [0.2, 0.25) is 0 Å². The summed E-state index contributed by atoms with van der Waals surface area (Å²) in [6.45, 7) is 10.4.